The van der Waals surface area contributed by atoms with E-state index in [9.17, 15) is 8.42 Å². The van der Waals surface area contributed by atoms with Crippen LogP contribution in [0.3, 0.4) is 0 Å². The van der Waals surface area contributed by atoms with Crippen molar-refractivity contribution in [2.24, 2.45) is 0 Å². The van der Waals surface area contributed by atoms with E-state index in [0.29, 0.717) is 15.5 Å². The van der Waals surface area contributed by atoms with Gasteiger partial charge in [0.2, 0.25) is 10.0 Å². The molecular formula is C15H18ClNO2S. The minimum absolute atomic E-state index is 0.380. The molecule has 1 spiro atoms. The number of nitrogens with one attached hydrogen (secondary N) is 1. The quantitative estimate of drug-likeness (QED) is 0.859. The summed E-state index contributed by atoms with van der Waals surface area (Å²) in [5.41, 5.74) is 1.15. The van der Waals surface area contributed by atoms with Gasteiger partial charge in [-0.15, -0.1) is 0 Å². The highest BCUT2D eigenvalue weighted by Gasteiger charge is 2.47. The van der Waals surface area contributed by atoms with Crippen LogP contribution in [-0.2, 0) is 10.0 Å². The molecule has 108 valence electrons. The molecule has 0 saturated heterocycles. The number of rotatable bonds is 1. The molecule has 1 N–H and O–H groups in total. The summed E-state index contributed by atoms with van der Waals surface area (Å²) < 4.78 is 28.1. The normalized spacial score (nSPS) is 24.3. The molecule has 20 heavy (non-hydrogen) atoms. The molecule has 3 rings (SSSR count). The van der Waals surface area contributed by atoms with Crippen LogP contribution in [-0.4, -0.2) is 14.0 Å². The van der Waals surface area contributed by atoms with Crippen LogP contribution in [0.4, 0.5) is 0 Å². The molecule has 1 heterocycles. The molecule has 1 fully saturated rings. The maximum absolute atomic E-state index is 12.6. The van der Waals surface area contributed by atoms with E-state index in [4.69, 9.17) is 11.6 Å². The fourth-order valence-corrected chi connectivity index (χ4v) is 5.75. The monoisotopic (exact) mass is 311 g/mol. The SMILES string of the molecule is CC1=C(c2ccccc2Cl)S(=O)(=O)NC12CCCCC2. The van der Waals surface area contributed by atoms with Crippen LogP contribution in [0.2, 0.25) is 5.02 Å². The first kappa shape index (κ1) is 14.1. The van der Waals surface area contributed by atoms with E-state index in [1.807, 2.05) is 19.1 Å². The lowest BCUT2D eigenvalue weighted by Crippen LogP contribution is -2.45. The first-order valence-electron chi connectivity index (χ1n) is 6.97. The third-order valence-corrected chi connectivity index (χ3v) is 6.54. The molecule has 3 nitrogen and oxygen atoms in total. The Labute approximate surface area is 125 Å². The fraction of sp³-hybridized carbons (Fsp3) is 0.467. The third-order valence-electron chi connectivity index (χ3n) is 4.48. The lowest BCUT2D eigenvalue weighted by molar-refractivity contribution is 0.321. The van der Waals surface area contributed by atoms with E-state index in [1.165, 1.54) is 6.42 Å². The Kier molecular flexibility index (Phi) is 3.43. The molecule has 2 aliphatic rings. The minimum atomic E-state index is -3.47. The number of hydrogen-bond donors (Lipinski definition) is 1. The van der Waals surface area contributed by atoms with Crippen molar-refractivity contribution in [1.29, 1.82) is 0 Å². The number of benzene rings is 1. The maximum Gasteiger partial charge on any atom is 0.242 e. The van der Waals surface area contributed by atoms with E-state index in [-0.39, 0.29) is 5.54 Å². The van der Waals surface area contributed by atoms with Gasteiger partial charge in [0, 0.05) is 10.6 Å². The molecule has 1 aromatic rings. The molecule has 0 bridgehead atoms. The first-order chi connectivity index (χ1) is 9.46. The smallest absolute Gasteiger partial charge is 0.207 e. The maximum atomic E-state index is 12.6. The van der Waals surface area contributed by atoms with Crippen molar-refractivity contribution in [1.82, 2.24) is 4.72 Å². The van der Waals surface area contributed by atoms with Crippen LogP contribution in [0.25, 0.3) is 4.91 Å². The molecule has 5 heteroatoms. The lowest BCUT2D eigenvalue weighted by atomic mass is 9.77. The van der Waals surface area contributed by atoms with Gasteiger partial charge in [-0.3, -0.25) is 0 Å². The Morgan fingerprint density at radius 1 is 1.15 bits per heavy atom. The predicted octanol–water partition coefficient (Wildman–Crippen LogP) is 3.71. The second-order valence-electron chi connectivity index (χ2n) is 5.68. The summed E-state index contributed by atoms with van der Waals surface area (Å²) in [6.07, 6.45) is 5.07. The van der Waals surface area contributed by atoms with Crippen molar-refractivity contribution in [3.05, 3.63) is 40.4 Å². The molecule has 0 aromatic heterocycles. The van der Waals surface area contributed by atoms with Gasteiger partial charge in [0.1, 0.15) is 0 Å². The van der Waals surface area contributed by atoms with Crippen LogP contribution in [0, 0.1) is 0 Å². The minimum Gasteiger partial charge on any atom is -0.207 e. The first-order valence-corrected chi connectivity index (χ1v) is 8.83. The van der Waals surface area contributed by atoms with E-state index >= 15 is 0 Å². The number of halogens is 1. The van der Waals surface area contributed by atoms with Crippen LogP contribution in [0.5, 0.6) is 0 Å². The Balaban J connectivity index is 2.19. The van der Waals surface area contributed by atoms with Gasteiger partial charge in [-0.1, -0.05) is 49.1 Å². The highest BCUT2D eigenvalue weighted by atomic mass is 35.5. The highest BCUT2D eigenvalue weighted by molar-refractivity contribution is 7.99. The van der Waals surface area contributed by atoms with Crippen molar-refractivity contribution >= 4 is 26.5 Å². The zero-order valence-electron chi connectivity index (χ0n) is 11.4. The zero-order valence-corrected chi connectivity index (χ0v) is 13.0. The van der Waals surface area contributed by atoms with Gasteiger partial charge >= 0.3 is 0 Å². The second kappa shape index (κ2) is 4.86. The third kappa shape index (κ3) is 2.10. The van der Waals surface area contributed by atoms with Gasteiger partial charge in [0.15, 0.2) is 0 Å². The molecule has 0 atom stereocenters. The van der Waals surface area contributed by atoms with Gasteiger partial charge < -0.3 is 0 Å². The topological polar surface area (TPSA) is 46.2 Å². The van der Waals surface area contributed by atoms with Gasteiger partial charge in [-0.25, -0.2) is 13.1 Å². The Hall–Kier alpha value is -0.840. The van der Waals surface area contributed by atoms with Gasteiger partial charge in [-0.2, -0.15) is 0 Å². The summed E-state index contributed by atoms with van der Waals surface area (Å²) in [5.74, 6) is 0. The van der Waals surface area contributed by atoms with Crippen molar-refractivity contribution in [2.75, 3.05) is 0 Å². The van der Waals surface area contributed by atoms with E-state index < -0.39 is 10.0 Å². The molecule has 1 saturated carbocycles. The standard InChI is InChI=1S/C15H18ClNO2S/c1-11-14(12-7-3-4-8-13(12)16)20(18,19)17-15(11)9-5-2-6-10-15/h3-4,7-8,17H,2,5-6,9-10H2,1H3. The van der Waals surface area contributed by atoms with E-state index in [0.717, 1.165) is 31.3 Å². The highest BCUT2D eigenvalue weighted by Crippen LogP contribution is 2.46. The summed E-state index contributed by atoms with van der Waals surface area (Å²) in [5, 5.41) is 0.486. The van der Waals surface area contributed by atoms with Crippen molar-refractivity contribution in [2.45, 2.75) is 44.6 Å². The fourth-order valence-electron chi connectivity index (χ4n) is 3.43. The molecule has 0 amide bonds. The summed E-state index contributed by atoms with van der Waals surface area (Å²) in [7, 11) is -3.47. The summed E-state index contributed by atoms with van der Waals surface area (Å²) in [6, 6.07) is 7.15. The molecule has 1 aliphatic heterocycles. The van der Waals surface area contributed by atoms with Crippen LogP contribution < -0.4 is 4.72 Å². The van der Waals surface area contributed by atoms with Gasteiger partial charge in [0.05, 0.1) is 10.4 Å². The van der Waals surface area contributed by atoms with Crippen molar-refractivity contribution < 1.29 is 8.42 Å². The van der Waals surface area contributed by atoms with Gasteiger partial charge in [-0.05, 0) is 31.4 Å². The second-order valence-corrected chi connectivity index (χ2v) is 7.71. The van der Waals surface area contributed by atoms with Crippen LogP contribution in [0.1, 0.15) is 44.6 Å². The average molecular weight is 312 g/mol. The Morgan fingerprint density at radius 3 is 2.45 bits per heavy atom. The largest absolute Gasteiger partial charge is 0.242 e. The molecule has 0 unspecified atom stereocenters. The summed E-state index contributed by atoms with van der Waals surface area (Å²) in [4.78, 5) is 0.380. The summed E-state index contributed by atoms with van der Waals surface area (Å²) in [6.45, 7) is 1.93. The summed E-state index contributed by atoms with van der Waals surface area (Å²) >= 11 is 6.20. The molecule has 1 aliphatic carbocycles. The van der Waals surface area contributed by atoms with Crippen molar-refractivity contribution in [3.63, 3.8) is 0 Å². The van der Waals surface area contributed by atoms with Crippen molar-refractivity contribution in [3.8, 4) is 0 Å². The van der Waals surface area contributed by atoms with E-state index in [1.54, 1.807) is 12.1 Å². The van der Waals surface area contributed by atoms with Crippen LogP contribution >= 0.6 is 11.6 Å². The molecule has 0 radical (unpaired) electrons. The molecule has 1 aromatic carbocycles. The van der Waals surface area contributed by atoms with Crippen LogP contribution in [0.15, 0.2) is 29.8 Å². The Bertz CT molecular complexity index is 673. The predicted molar refractivity (Wildman–Crippen MR) is 81.9 cm³/mol. The van der Waals surface area contributed by atoms with Gasteiger partial charge in [0.25, 0.3) is 0 Å². The Morgan fingerprint density at radius 2 is 1.80 bits per heavy atom. The zero-order chi connectivity index (χ0) is 14.4. The molecular weight excluding hydrogens is 294 g/mol. The number of hydrogen-bond acceptors (Lipinski definition) is 2. The average Bonchev–Trinajstić information content (AvgIpc) is 2.59. The van der Waals surface area contributed by atoms with E-state index in [2.05, 4.69) is 4.72 Å². The lowest BCUT2D eigenvalue weighted by Gasteiger charge is -2.34. The number of sulfonamides is 1.